The van der Waals surface area contributed by atoms with E-state index < -0.39 is 18.1 Å². The molecule has 2 aliphatic heterocycles. The van der Waals surface area contributed by atoms with Gasteiger partial charge in [-0.15, -0.1) is 0 Å². The molecule has 0 unspecified atom stereocenters. The van der Waals surface area contributed by atoms with Crippen LogP contribution in [0.1, 0.15) is 30.4 Å². The lowest BCUT2D eigenvalue weighted by Gasteiger charge is -2.33. The third-order valence-corrected chi connectivity index (χ3v) is 6.04. The number of hydrogen-bond acceptors (Lipinski definition) is 3. The molecule has 0 bridgehead atoms. The molecule has 4 rings (SSSR count). The van der Waals surface area contributed by atoms with Gasteiger partial charge >= 0.3 is 12.1 Å². The van der Waals surface area contributed by atoms with E-state index in [1.54, 1.807) is 0 Å². The molecule has 170 valence electrons. The predicted molar refractivity (Wildman–Crippen MR) is 118 cm³/mol. The lowest BCUT2D eigenvalue weighted by molar-refractivity contribution is -0.174. The van der Waals surface area contributed by atoms with Gasteiger partial charge in [-0.05, 0) is 43.0 Å². The van der Waals surface area contributed by atoms with E-state index in [0.29, 0.717) is 32.5 Å². The van der Waals surface area contributed by atoms with Gasteiger partial charge in [0.25, 0.3) is 0 Å². The standard InChI is InChI=1S/C25H27F3N2O2/c1-17-2-4-19(5-3-17)20-6-7-23-21(15-20)14-18(10-13-32-23)16-30-11-8-22(9-12-30)29-24(31)25(26,27)28/h2-7,14-15,22H,8-13,16H2,1H3,(H,29,31). The summed E-state index contributed by atoms with van der Waals surface area (Å²) in [7, 11) is 0. The molecule has 0 spiro atoms. The maximum Gasteiger partial charge on any atom is 0.471 e. The molecule has 2 aliphatic rings. The van der Waals surface area contributed by atoms with E-state index in [1.807, 2.05) is 6.07 Å². The maximum atomic E-state index is 12.5. The van der Waals surface area contributed by atoms with Gasteiger partial charge in [-0.1, -0.05) is 47.5 Å². The minimum atomic E-state index is -4.83. The van der Waals surface area contributed by atoms with E-state index in [4.69, 9.17) is 4.74 Å². The number of ether oxygens (including phenoxy) is 1. The number of carbonyl (C=O) groups excluding carboxylic acids is 1. The topological polar surface area (TPSA) is 41.6 Å². The molecule has 0 aliphatic carbocycles. The Morgan fingerprint density at radius 1 is 1.09 bits per heavy atom. The van der Waals surface area contributed by atoms with Crippen molar-refractivity contribution in [2.75, 3.05) is 26.2 Å². The lowest BCUT2D eigenvalue weighted by atomic mass is 9.99. The number of hydrogen-bond donors (Lipinski definition) is 1. The number of carbonyl (C=O) groups is 1. The summed E-state index contributed by atoms with van der Waals surface area (Å²) in [5, 5.41) is 2.11. The fraction of sp³-hybridized carbons (Fsp3) is 0.400. The van der Waals surface area contributed by atoms with Gasteiger partial charge in [0.2, 0.25) is 0 Å². The van der Waals surface area contributed by atoms with Crippen LogP contribution in [0.5, 0.6) is 5.75 Å². The summed E-state index contributed by atoms with van der Waals surface area (Å²) >= 11 is 0. The van der Waals surface area contributed by atoms with E-state index in [-0.39, 0.29) is 0 Å². The first-order valence-electron chi connectivity index (χ1n) is 10.9. The summed E-state index contributed by atoms with van der Waals surface area (Å²) in [6.45, 7) is 4.71. The number of alkyl halides is 3. The summed E-state index contributed by atoms with van der Waals surface area (Å²) in [6.07, 6.45) is -0.816. The number of benzene rings is 2. The first-order valence-corrected chi connectivity index (χ1v) is 10.9. The highest BCUT2D eigenvalue weighted by molar-refractivity contribution is 5.82. The number of rotatable bonds is 4. The lowest BCUT2D eigenvalue weighted by Crippen LogP contribution is -2.48. The van der Waals surface area contributed by atoms with E-state index >= 15 is 0 Å². The van der Waals surface area contributed by atoms with Crippen LogP contribution < -0.4 is 10.1 Å². The van der Waals surface area contributed by atoms with Gasteiger partial charge in [-0.2, -0.15) is 13.2 Å². The quantitative estimate of drug-likeness (QED) is 0.724. The molecule has 1 saturated heterocycles. The molecule has 0 atom stereocenters. The van der Waals surface area contributed by atoms with Gasteiger partial charge < -0.3 is 10.1 Å². The third kappa shape index (κ3) is 5.51. The molecule has 0 radical (unpaired) electrons. The number of likely N-dealkylation sites (tertiary alicyclic amines) is 1. The molecule has 32 heavy (non-hydrogen) atoms. The first-order chi connectivity index (χ1) is 15.3. The van der Waals surface area contributed by atoms with E-state index in [9.17, 15) is 18.0 Å². The highest BCUT2D eigenvalue weighted by Crippen LogP contribution is 2.31. The zero-order valence-electron chi connectivity index (χ0n) is 18.0. The second-order valence-electron chi connectivity index (χ2n) is 8.54. The van der Waals surface area contributed by atoms with Crippen molar-refractivity contribution in [3.63, 3.8) is 0 Å². The molecule has 2 aromatic carbocycles. The van der Waals surface area contributed by atoms with E-state index in [0.717, 1.165) is 35.4 Å². The average molecular weight is 444 g/mol. The molecule has 2 heterocycles. The molecule has 1 fully saturated rings. The molecule has 2 aromatic rings. The van der Waals surface area contributed by atoms with Crippen molar-refractivity contribution in [3.05, 3.63) is 59.2 Å². The first kappa shape index (κ1) is 22.4. The average Bonchev–Trinajstić information content (AvgIpc) is 2.96. The second-order valence-corrected chi connectivity index (χ2v) is 8.54. The SMILES string of the molecule is Cc1ccc(-c2ccc3c(c2)C=C(CN2CCC(NC(=O)C(F)(F)F)CC2)CCO3)cc1. The number of halogens is 3. The number of nitrogens with one attached hydrogen (secondary N) is 1. The minimum Gasteiger partial charge on any atom is -0.493 e. The number of nitrogens with zero attached hydrogens (tertiary/aromatic N) is 1. The van der Waals surface area contributed by atoms with E-state index in [2.05, 4.69) is 59.6 Å². The molecular formula is C25H27F3N2O2. The largest absolute Gasteiger partial charge is 0.493 e. The second kappa shape index (κ2) is 9.36. The van der Waals surface area contributed by atoms with Crippen LogP contribution in [0.3, 0.4) is 0 Å². The fourth-order valence-corrected chi connectivity index (χ4v) is 4.22. The van der Waals surface area contributed by atoms with Crippen molar-refractivity contribution in [2.45, 2.75) is 38.4 Å². The van der Waals surface area contributed by atoms with Crippen molar-refractivity contribution < 1.29 is 22.7 Å². The van der Waals surface area contributed by atoms with Crippen molar-refractivity contribution in [3.8, 4) is 16.9 Å². The predicted octanol–water partition coefficient (Wildman–Crippen LogP) is 4.97. The van der Waals surface area contributed by atoms with Crippen molar-refractivity contribution in [2.24, 2.45) is 0 Å². The summed E-state index contributed by atoms with van der Waals surface area (Å²) in [5.74, 6) is -0.981. The molecule has 1 N–H and O–H groups in total. The number of aryl methyl sites for hydroxylation is 1. The maximum absolute atomic E-state index is 12.5. The van der Waals surface area contributed by atoms with Crippen molar-refractivity contribution >= 4 is 12.0 Å². The molecule has 0 saturated carbocycles. The Morgan fingerprint density at radius 2 is 1.78 bits per heavy atom. The van der Waals surface area contributed by atoms with Gasteiger partial charge in [0, 0.05) is 37.7 Å². The van der Waals surface area contributed by atoms with Crippen LogP contribution in [0.4, 0.5) is 13.2 Å². The zero-order valence-corrected chi connectivity index (χ0v) is 18.0. The van der Waals surface area contributed by atoms with Crippen LogP contribution >= 0.6 is 0 Å². The van der Waals surface area contributed by atoms with Gasteiger partial charge in [0.15, 0.2) is 0 Å². The Hall–Kier alpha value is -2.80. The zero-order chi connectivity index (χ0) is 22.7. The van der Waals surface area contributed by atoms with Crippen LogP contribution in [0, 0.1) is 6.92 Å². The Kier molecular flexibility index (Phi) is 6.55. The Bertz CT molecular complexity index is 991. The van der Waals surface area contributed by atoms with Crippen LogP contribution in [0.2, 0.25) is 0 Å². The summed E-state index contributed by atoms with van der Waals surface area (Å²) < 4.78 is 43.3. The molecule has 4 nitrogen and oxygen atoms in total. The Labute approximate surface area is 186 Å². The van der Waals surface area contributed by atoms with Crippen molar-refractivity contribution in [1.29, 1.82) is 0 Å². The summed E-state index contributed by atoms with van der Waals surface area (Å²) in [4.78, 5) is 13.4. The Balaban J connectivity index is 1.41. The van der Waals surface area contributed by atoms with Crippen LogP contribution in [0.15, 0.2) is 48.0 Å². The van der Waals surface area contributed by atoms with E-state index in [1.165, 1.54) is 11.1 Å². The normalized spacial score (nSPS) is 17.7. The fourth-order valence-electron chi connectivity index (χ4n) is 4.22. The van der Waals surface area contributed by atoms with Gasteiger partial charge in [0.1, 0.15) is 5.75 Å². The highest BCUT2D eigenvalue weighted by Gasteiger charge is 2.40. The van der Waals surface area contributed by atoms with Gasteiger partial charge in [0.05, 0.1) is 6.61 Å². The molecule has 1 amide bonds. The van der Waals surface area contributed by atoms with Crippen LogP contribution in [-0.2, 0) is 4.79 Å². The highest BCUT2D eigenvalue weighted by atomic mass is 19.4. The molecule has 7 heteroatoms. The third-order valence-electron chi connectivity index (χ3n) is 6.04. The monoisotopic (exact) mass is 444 g/mol. The number of piperidine rings is 1. The van der Waals surface area contributed by atoms with Crippen LogP contribution in [0.25, 0.3) is 17.2 Å². The molecule has 0 aromatic heterocycles. The Morgan fingerprint density at radius 3 is 2.47 bits per heavy atom. The van der Waals surface area contributed by atoms with Gasteiger partial charge in [-0.3, -0.25) is 9.69 Å². The summed E-state index contributed by atoms with van der Waals surface area (Å²) in [6, 6.07) is 14.2. The summed E-state index contributed by atoms with van der Waals surface area (Å²) in [5.41, 5.74) is 5.79. The van der Waals surface area contributed by atoms with Crippen molar-refractivity contribution in [1.82, 2.24) is 10.2 Å². The molecular weight excluding hydrogens is 417 g/mol. The smallest absolute Gasteiger partial charge is 0.471 e. The minimum absolute atomic E-state index is 0.426. The van der Waals surface area contributed by atoms with Gasteiger partial charge in [-0.25, -0.2) is 0 Å². The van der Waals surface area contributed by atoms with Crippen LogP contribution in [-0.4, -0.2) is 49.3 Å². The number of amides is 1. The number of fused-ring (bicyclic) bond motifs is 1.